The van der Waals surface area contributed by atoms with E-state index in [1.807, 2.05) is 42.2 Å². The number of rotatable bonds is 10. The van der Waals surface area contributed by atoms with E-state index in [-0.39, 0.29) is 41.4 Å². The molecule has 0 bridgehead atoms. The van der Waals surface area contributed by atoms with Gasteiger partial charge in [0.25, 0.3) is 0 Å². The molecule has 1 fully saturated rings. The SMILES string of the molecule is CCN(C(=O)NC(CC(=O)N[C@H](C(=O)c1c(O)[nH]c(O)c1C)C(C)C)c1ccccc1)C1CCCCC1. The molecule has 1 aliphatic rings. The Morgan fingerprint density at radius 1 is 1.03 bits per heavy atom. The van der Waals surface area contributed by atoms with E-state index in [0.29, 0.717) is 6.54 Å². The zero-order valence-corrected chi connectivity index (χ0v) is 22.2. The van der Waals surface area contributed by atoms with Gasteiger partial charge in [0, 0.05) is 18.2 Å². The maximum atomic E-state index is 13.3. The van der Waals surface area contributed by atoms with Crippen molar-refractivity contribution in [2.45, 2.75) is 84.3 Å². The Bertz CT molecular complexity index is 1080. The Hall–Kier alpha value is -3.49. The highest BCUT2D eigenvalue weighted by molar-refractivity contribution is 6.05. The molecule has 3 amide bonds. The number of aromatic amines is 1. The van der Waals surface area contributed by atoms with E-state index in [9.17, 15) is 24.6 Å². The third kappa shape index (κ3) is 6.84. The van der Waals surface area contributed by atoms with Crippen LogP contribution in [-0.4, -0.2) is 56.4 Å². The summed E-state index contributed by atoms with van der Waals surface area (Å²) in [4.78, 5) is 44.0. The molecule has 37 heavy (non-hydrogen) atoms. The van der Waals surface area contributed by atoms with Crippen LogP contribution < -0.4 is 10.6 Å². The number of amides is 3. The highest BCUT2D eigenvalue weighted by atomic mass is 16.3. The summed E-state index contributed by atoms with van der Waals surface area (Å²) in [6.07, 6.45) is 5.32. The van der Waals surface area contributed by atoms with Crippen LogP contribution in [0.3, 0.4) is 0 Å². The van der Waals surface area contributed by atoms with Crippen molar-refractivity contribution in [1.29, 1.82) is 0 Å². The third-order valence-corrected chi connectivity index (χ3v) is 7.22. The van der Waals surface area contributed by atoms with E-state index in [1.54, 1.807) is 13.8 Å². The van der Waals surface area contributed by atoms with E-state index in [1.165, 1.54) is 13.3 Å². The van der Waals surface area contributed by atoms with Crippen LogP contribution in [0.5, 0.6) is 11.8 Å². The van der Waals surface area contributed by atoms with Gasteiger partial charge in [0.15, 0.2) is 11.7 Å². The molecule has 2 aromatic rings. The molecule has 0 aliphatic heterocycles. The van der Waals surface area contributed by atoms with Crippen LogP contribution in [0.15, 0.2) is 30.3 Å². The summed E-state index contributed by atoms with van der Waals surface area (Å²) in [5.41, 5.74) is 0.969. The quantitative estimate of drug-likeness (QED) is 0.298. The Labute approximate surface area is 218 Å². The molecule has 1 saturated carbocycles. The standard InChI is InChI=1S/C28H40N4O5/c1-5-32(20-14-10-7-11-15-20)28(37)29-21(19-12-8-6-9-13-19)16-22(33)30-24(17(2)3)25(34)23-18(4)26(35)31-27(23)36/h6,8-9,12-13,17,20-21,24,31,35-36H,5,7,10-11,14-16H2,1-4H3,(H,29,37)(H,30,33)/t21?,24-/m0/s1. The van der Waals surface area contributed by atoms with Crippen molar-refractivity contribution < 1.29 is 24.6 Å². The first-order valence-corrected chi connectivity index (χ1v) is 13.2. The molecule has 0 spiro atoms. The van der Waals surface area contributed by atoms with Crippen LogP contribution >= 0.6 is 0 Å². The lowest BCUT2D eigenvalue weighted by molar-refractivity contribution is -0.122. The molecule has 5 N–H and O–H groups in total. The lowest BCUT2D eigenvalue weighted by atomic mass is 9.93. The minimum Gasteiger partial charge on any atom is -0.494 e. The fraction of sp³-hybridized carbons (Fsp3) is 0.536. The molecular weight excluding hydrogens is 472 g/mol. The zero-order valence-electron chi connectivity index (χ0n) is 22.2. The van der Waals surface area contributed by atoms with Crippen LogP contribution in [0.4, 0.5) is 4.79 Å². The van der Waals surface area contributed by atoms with Crippen LogP contribution in [0.25, 0.3) is 0 Å². The second-order valence-electron chi connectivity index (χ2n) is 10.2. The molecule has 3 rings (SSSR count). The van der Waals surface area contributed by atoms with Crippen molar-refractivity contribution in [1.82, 2.24) is 20.5 Å². The maximum absolute atomic E-state index is 13.3. The molecule has 2 atom stereocenters. The monoisotopic (exact) mass is 512 g/mol. The molecule has 1 aromatic heterocycles. The van der Waals surface area contributed by atoms with Gasteiger partial charge in [-0.15, -0.1) is 0 Å². The van der Waals surface area contributed by atoms with Gasteiger partial charge in [0.05, 0.1) is 24.1 Å². The molecule has 9 nitrogen and oxygen atoms in total. The number of nitrogens with one attached hydrogen (secondary N) is 3. The van der Waals surface area contributed by atoms with Gasteiger partial charge in [-0.05, 0) is 38.2 Å². The highest BCUT2D eigenvalue weighted by Crippen LogP contribution is 2.30. The fourth-order valence-corrected chi connectivity index (χ4v) is 5.10. The van der Waals surface area contributed by atoms with Gasteiger partial charge in [-0.1, -0.05) is 63.4 Å². The first kappa shape index (κ1) is 28.1. The van der Waals surface area contributed by atoms with Crippen molar-refractivity contribution in [3.63, 3.8) is 0 Å². The number of H-pyrrole nitrogens is 1. The van der Waals surface area contributed by atoms with Crippen molar-refractivity contribution in [2.75, 3.05) is 6.54 Å². The number of carbonyl (C=O) groups excluding carboxylic acids is 3. The predicted molar refractivity (Wildman–Crippen MR) is 142 cm³/mol. The minimum atomic E-state index is -0.922. The van der Waals surface area contributed by atoms with Crippen LogP contribution in [0.2, 0.25) is 0 Å². The fourth-order valence-electron chi connectivity index (χ4n) is 5.10. The second-order valence-corrected chi connectivity index (χ2v) is 10.2. The molecule has 1 heterocycles. The molecule has 9 heteroatoms. The number of aromatic hydroxyl groups is 2. The number of benzene rings is 1. The van der Waals surface area contributed by atoms with E-state index in [4.69, 9.17) is 0 Å². The Balaban J connectivity index is 1.77. The summed E-state index contributed by atoms with van der Waals surface area (Å²) >= 11 is 0. The van der Waals surface area contributed by atoms with Gasteiger partial charge in [0.2, 0.25) is 11.8 Å². The van der Waals surface area contributed by atoms with Crippen LogP contribution in [0, 0.1) is 12.8 Å². The van der Waals surface area contributed by atoms with Crippen molar-refractivity contribution in [3.05, 3.63) is 47.0 Å². The summed E-state index contributed by atoms with van der Waals surface area (Å²) in [5.74, 6) is -1.90. The molecule has 1 aliphatic carbocycles. The molecule has 0 radical (unpaired) electrons. The third-order valence-electron chi connectivity index (χ3n) is 7.22. The number of Topliss-reactive ketones (excluding diaryl/α,β-unsaturated/α-hetero) is 1. The van der Waals surface area contributed by atoms with Gasteiger partial charge < -0.3 is 25.7 Å². The normalized spacial score (nSPS) is 15.7. The lowest BCUT2D eigenvalue weighted by Gasteiger charge is -2.35. The number of nitrogens with zero attached hydrogens (tertiary/aromatic N) is 1. The van der Waals surface area contributed by atoms with Gasteiger partial charge in [-0.2, -0.15) is 0 Å². The summed E-state index contributed by atoms with van der Waals surface area (Å²) in [6, 6.07) is 7.81. The number of ketones is 1. The Morgan fingerprint density at radius 2 is 1.68 bits per heavy atom. The maximum Gasteiger partial charge on any atom is 0.318 e. The van der Waals surface area contributed by atoms with E-state index in [2.05, 4.69) is 15.6 Å². The summed E-state index contributed by atoms with van der Waals surface area (Å²) in [6.45, 7) is 7.65. The molecule has 0 saturated heterocycles. The average molecular weight is 513 g/mol. The number of aromatic nitrogens is 1. The van der Waals surface area contributed by atoms with Gasteiger partial charge in [0.1, 0.15) is 0 Å². The van der Waals surface area contributed by atoms with Gasteiger partial charge in [-0.3, -0.25) is 14.6 Å². The number of carbonyl (C=O) groups is 3. The van der Waals surface area contributed by atoms with Gasteiger partial charge in [-0.25, -0.2) is 4.79 Å². The Morgan fingerprint density at radius 3 is 2.22 bits per heavy atom. The molecular formula is C28H40N4O5. The average Bonchev–Trinajstić information content (AvgIpc) is 3.14. The molecule has 1 aromatic carbocycles. The minimum absolute atomic E-state index is 0.0459. The van der Waals surface area contributed by atoms with Gasteiger partial charge >= 0.3 is 6.03 Å². The highest BCUT2D eigenvalue weighted by Gasteiger charge is 2.32. The summed E-state index contributed by atoms with van der Waals surface area (Å²) in [5, 5.41) is 25.8. The van der Waals surface area contributed by atoms with E-state index >= 15 is 0 Å². The largest absolute Gasteiger partial charge is 0.494 e. The van der Waals surface area contributed by atoms with Crippen LogP contribution in [0.1, 0.15) is 86.8 Å². The predicted octanol–water partition coefficient (Wildman–Crippen LogP) is 4.55. The van der Waals surface area contributed by atoms with Crippen molar-refractivity contribution >= 4 is 17.7 Å². The summed E-state index contributed by atoms with van der Waals surface area (Å²) in [7, 11) is 0. The van der Waals surface area contributed by atoms with Crippen molar-refractivity contribution in [2.24, 2.45) is 5.92 Å². The Kier molecular flexibility index (Phi) is 9.60. The topological polar surface area (TPSA) is 135 Å². The summed E-state index contributed by atoms with van der Waals surface area (Å²) < 4.78 is 0. The van der Waals surface area contributed by atoms with E-state index in [0.717, 1.165) is 31.2 Å². The number of hydrogen-bond donors (Lipinski definition) is 5. The van der Waals surface area contributed by atoms with Crippen LogP contribution in [-0.2, 0) is 4.79 Å². The van der Waals surface area contributed by atoms with E-state index < -0.39 is 29.7 Å². The number of urea groups is 1. The number of hydrogen-bond acceptors (Lipinski definition) is 5. The second kappa shape index (κ2) is 12.7. The van der Waals surface area contributed by atoms with Crippen molar-refractivity contribution in [3.8, 4) is 11.8 Å². The first-order chi connectivity index (χ1) is 17.6. The molecule has 1 unspecified atom stereocenters. The first-order valence-electron chi connectivity index (χ1n) is 13.2. The lowest BCUT2D eigenvalue weighted by Crippen LogP contribution is -2.49. The zero-order chi connectivity index (χ0) is 27.1. The smallest absolute Gasteiger partial charge is 0.318 e. The molecule has 202 valence electrons.